The van der Waals surface area contributed by atoms with Crippen molar-refractivity contribution < 1.29 is 14.3 Å². The van der Waals surface area contributed by atoms with Crippen LogP contribution in [0.25, 0.3) is 0 Å². The molecule has 1 atom stereocenters. The topological polar surface area (TPSA) is 65.1 Å². The summed E-state index contributed by atoms with van der Waals surface area (Å²) in [5.74, 6) is -0.172. The lowest BCUT2D eigenvalue weighted by Crippen LogP contribution is -2.46. The molecule has 0 aromatic rings. The van der Waals surface area contributed by atoms with Gasteiger partial charge in [-0.15, -0.1) is 0 Å². The molecule has 2 amide bonds. The summed E-state index contributed by atoms with van der Waals surface area (Å²) in [6.07, 6.45) is 1.03. The first-order chi connectivity index (χ1) is 12.0. The highest BCUT2D eigenvalue weighted by Gasteiger charge is 2.27. The number of ether oxygens (including phenoxy) is 1. The third kappa shape index (κ3) is 7.82. The van der Waals surface area contributed by atoms with Crippen molar-refractivity contribution in [1.82, 2.24) is 20.0 Å². The number of rotatable bonds is 7. The molecule has 2 fully saturated rings. The molecule has 2 aliphatic rings. The Labute approximate surface area is 164 Å². The molecule has 1 N–H and O–H groups in total. The number of hydrogen-bond acceptors (Lipinski definition) is 5. The third-order valence-corrected chi connectivity index (χ3v) is 4.98. The van der Waals surface area contributed by atoms with Crippen LogP contribution < -0.4 is 5.32 Å². The number of carbonyl (C=O) groups excluding carboxylic acids is 2. The van der Waals surface area contributed by atoms with Crippen LogP contribution in [0, 0.1) is 5.92 Å². The second-order valence-electron chi connectivity index (χ2n) is 7.49. The Morgan fingerprint density at radius 1 is 1.04 bits per heavy atom. The number of piperazine rings is 1. The van der Waals surface area contributed by atoms with E-state index < -0.39 is 0 Å². The molecule has 0 bridgehead atoms. The summed E-state index contributed by atoms with van der Waals surface area (Å²) in [7, 11) is 2.14. The van der Waals surface area contributed by atoms with E-state index in [0.717, 1.165) is 39.1 Å². The van der Waals surface area contributed by atoms with Gasteiger partial charge in [-0.25, -0.2) is 0 Å². The van der Waals surface area contributed by atoms with E-state index in [1.165, 1.54) is 0 Å². The van der Waals surface area contributed by atoms with Crippen LogP contribution in [0.2, 0.25) is 0 Å². The summed E-state index contributed by atoms with van der Waals surface area (Å²) in [5, 5.41) is 2.98. The smallest absolute Gasteiger partial charge is 0.223 e. The standard InChI is InChI=1S/C18H34N4O3.H2S/c1-15(2)19-18(24)16(4-5-21-8-6-20(3)7-9-21)14-17(23)22-10-12-25-13-11-22;/h15-16H,4-14H2,1-3H3,(H,19,24);1H2/t16-;/m1./s1. The van der Waals surface area contributed by atoms with Crippen molar-refractivity contribution in [2.75, 3.05) is 66.1 Å². The Kier molecular flexibility index (Phi) is 10.5. The number of nitrogens with zero attached hydrogens (tertiary/aromatic N) is 3. The molecule has 0 aliphatic carbocycles. The van der Waals surface area contributed by atoms with E-state index in [0.29, 0.717) is 32.7 Å². The average Bonchev–Trinajstić information content (AvgIpc) is 2.60. The van der Waals surface area contributed by atoms with Crippen molar-refractivity contribution in [3.8, 4) is 0 Å². The zero-order chi connectivity index (χ0) is 18.2. The monoisotopic (exact) mass is 388 g/mol. The Hall–Kier alpha value is -0.830. The van der Waals surface area contributed by atoms with E-state index in [-0.39, 0.29) is 37.3 Å². The SMILES string of the molecule is CC(C)NC(=O)[C@H](CCN1CCN(C)CC1)CC(=O)N1CCOCC1.S. The number of nitrogens with one attached hydrogen (secondary N) is 1. The number of hydrogen-bond donors (Lipinski definition) is 1. The molecule has 0 unspecified atom stereocenters. The lowest BCUT2D eigenvalue weighted by molar-refractivity contribution is -0.139. The van der Waals surface area contributed by atoms with Gasteiger partial charge in [-0.3, -0.25) is 9.59 Å². The van der Waals surface area contributed by atoms with Crippen LogP contribution in [0.1, 0.15) is 26.7 Å². The van der Waals surface area contributed by atoms with Crippen LogP contribution in [0.3, 0.4) is 0 Å². The van der Waals surface area contributed by atoms with Gasteiger partial charge in [-0.2, -0.15) is 13.5 Å². The molecule has 2 aliphatic heterocycles. The quantitative estimate of drug-likeness (QED) is 0.671. The lowest BCUT2D eigenvalue weighted by atomic mass is 9.98. The number of morpholine rings is 1. The molecule has 8 heteroatoms. The second kappa shape index (κ2) is 11.8. The molecule has 0 aromatic carbocycles. The molecule has 2 rings (SSSR count). The fourth-order valence-corrected chi connectivity index (χ4v) is 3.29. The van der Waals surface area contributed by atoms with E-state index in [9.17, 15) is 9.59 Å². The maximum Gasteiger partial charge on any atom is 0.223 e. The number of carbonyl (C=O) groups is 2. The van der Waals surface area contributed by atoms with Gasteiger partial charge in [0.1, 0.15) is 0 Å². The minimum Gasteiger partial charge on any atom is -0.378 e. The zero-order valence-corrected chi connectivity index (χ0v) is 17.5. The predicted molar refractivity (Wildman–Crippen MR) is 108 cm³/mol. The Morgan fingerprint density at radius 2 is 1.65 bits per heavy atom. The summed E-state index contributed by atoms with van der Waals surface area (Å²) in [6.45, 7) is 11.4. The van der Waals surface area contributed by atoms with Crippen molar-refractivity contribution in [2.45, 2.75) is 32.7 Å². The van der Waals surface area contributed by atoms with Gasteiger partial charge in [0, 0.05) is 57.6 Å². The molecule has 152 valence electrons. The predicted octanol–water partition coefficient (Wildman–Crippen LogP) is 0.126. The molecule has 26 heavy (non-hydrogen) atoms. The summed E-state index contributed by atoms with van der Waals surface area (Å²) < 4.78 is 5.31. The van der Waals surface area contributed by atoms with E-state index >= 15 is 0 Å². The summed E-state index contributed by atoms with van der Waals surface area (Å²) in [4.78, 5) is 31.7. The average molecular weight is 389 g/mol. The highest BCUT2D eigenvalue weighted by Crippen LogP contribution is 2.15. The molecule has 0 aromatic heterocycles. The molecule has 0 radical (unpaired) electrons. The maximum absolute atomic E-state index is 12.6. The molecule has 0 spiro atoms. The Bertz CT molecular complexity index is 436. The van der Waals surface area contributed by atoms with Crippen LogP contribution in [-0.4, -0.2) is 98.6 Å². The highest BCUT2D eigenvalue weighted by atomic mass is 32.1. The van der Waals surface area contributed by atoms with Crippen LogP contribution >= 0.6 is 13.5 Å². The van der Waals surface area contributed by atoms with Gasteiger partial charge < -0.3 is 24.8 Å². The lowest BCUT2D eigenvalue weighted by Gasteiger charge is -2.33. The minimum atomic E-state index is -0.252. The Morgan fingerprint density at radius 3 is 2.23 bits per heavy atom. The van der Waals surface area contributed by atoms with Crippen molar-refractivity contribution in [1.29, 1.82) is 0 Å². The summed E-state index contributed by atoms with van der Waals surface area (Å²) in [5.41, 5.74) is 0. The van der Waals surface area contributed by atoms with Gasteiger partial charge in [0.25, 0.3) is 0 Å². The normalized spacial score (nSPS) is 20.5. The van der Waals surface area contributed by atoms with Crippen molar-refractivity contribution in [3.63, 3.8) is 0 Å². The second-order valence-corrected chi connectivity index (χ2v) is 7.49. The largest absolute Gasteiger partial charge is 0.378 e. The van der Waals surface area contributed by atoms with E-state index in [1.807, 2.05) is 18.7 Å². The van der Waals surface area contributed by atoms with E-state index in [4.69, 9.17) is 4.74 Å². The van der Waals surface area contributed by atoms with Gasteiger partial charge in [0.2, 0.25) is 11.8 Å². The first kappa shape index (κ1) is 23.2. The van der Waals surface area contributed by atoms with Gasteiger partial charge in [-0.05, 0) is 33.9 Å². The van der Waals surface area contributed by atoms with Crippen molar-refractivity contribution >= 4 is 25.3 Å². The van der Waals surface area contributed by atoms with Gasteiger partial charge in [0.05, 0.1) is 13.2 Å². The van der Waals surface area contributed by atoms with Crippen molar-refractivity contribution in [3.05, 3.63) is 0 Å². The number of likely N-dealkylation sites (N-methyl/N-ethyl adjacent to an activating group) is 1. The summed E-state index contributed by atoms with van der Waals surface area (Å²) in [6, 6.07) is 0.0946. The minimum absolute atomic E-state index is 0. The van der Waals surface area contributed by atoms with Gasteiger partial charge in [0.15, 0.2) is 0 Å². The molecular weight excluding hydrogens is 352 g/mol. The molecular formula is C18H36N4O3S. The molecule has 7 nitrogen and oxygen atoms in total. The van der Waals surface area contributed by atoms with Gasteiger partial charge >= 0.3 is 0 Å². The van der Waals surface area contributed by atoms with Crippen molar-refractivity contribution in [2.24, 2.45) is 5.92 Å². The fourth-order valence-electron chi connectivity index (χ4n) is 3.29. The first-order valence-electron chi connectivity index (χ1n) is 9.52. The zero-order valence-electron chi connectivity index (χ0n) is 16.5. The van der Waals surface area contributed by atoms with E-state index in [1.54, 1.807) is 0 Å². The highest BCUT2D eigenvalue weighted by molar-refractivity contribution is 7.59. The fraction of sp³-hybridized carbons (Fsp3) is 0.889. The number of amides is 2. The Balaban J connectivity index is 0.00000338. The van der Waals surface area contributed by atoms with Gasteiger partial charge in [-0.1, -0.05) is 0 Å². The van der Waals surface area contributed by atoms with Crippen LogP contribution in [0.15, 0.2) is 0 Å². The molecule has 2 saturated heterocycles. The molecule has 0 saturated carbocycles. The van der Waals surface area contributed by atoms with Crippen LogP contribution in [0.5, 0.6) is 0 Å². The summed E-state index contributed by atoms with van der Waals surface area (Å²) >= 11 is 0. The first-order valence-corrected chi connectivity index (χ1v) is 9.52. The van der Waals surface area contributed by atoms with Crippen LogP contribution in [0.4, 0.5) is 0 Å². The van der Waals surface area contributed by atoms with E-state index in [2.05, 4.69) is 22.2 Å². The molecule has 2 heterocycles. The third-order valence-electron chi connectivity index (χ3n) is 4.98. The maximum atomic E-state index is 12.6. The van der Waals surface area contributed by atoms with Crippen LogP contribution in [-0.2, 0) is 14.3 Å².